The Bertz CT molecular complexity index is 549. The fraction of sp³-hybridized carbons (Fsp3) is 0.905. The molecule has 2 nitrogen and oxygen atoms in total. The molecule has 0 radical (unpaired) electrons. The minimum absolute atomic E-state index is 0.421. The molecule has 4 rings (SSSR count). The largest absolute Gasteiger partial charge is 0.300 e. The van der Waals surface area contributed by atoms with Gasteiger partial charge in [0, 0.05) is 19.3 Å². The summed E-state index contributed by atoms with van der Waals surface area (Å²) in [6, 6.07) is 2.46. The van der Waals surface area contributed by atoms with Crippen LogP contribution in [0.15, 0.2) is 0 Å². The van der Waals surface area contributed by atoms with Gasteiger partial charge in [0.1, 0.15) is 5.78 Å². The molecule has 0 bridgehead atoms. The van der Waals surface area contributed by atoms with Gasteiger partial charge in [0.05, 0.1) is 6.07 Å². The maximum absolute atomic E-state index is 11.9. The van der Waals surface area contributed by atoms with Crippen molar-refractivity contribution in [1.29, 1.82) is 5.26 Å². The van der Waals surface area contributed by atoms with E-state index in [1.54, 1.807) is 0 Å². The van der Waals surface area contributed by atoms with Crippen LogP contribution in [0.3, 0.4) is 0 Å². The molecule has 7 unspecified atom stereocenters. The third-order valence-electron chi connectivity index (χ3n) is 9.02. The first-order valence-electron chi connectivity index (χ1n) is 9.87. The lowest BCUT2D eigenvalue weighted by Crippen LogP contribution is -2.53. The fourth-order valence-corrected chi connectivity index (χ4v) is 7.60. The molecular weight excluding hydrogens is 282 g/mol. The molecule has 4 fully saturated rings. The van der Waals surface area contributed by atoms with Gasteiger partial charge in [0.2, 0.25) is 0 Å². The van der Waals surface area contributed by atoms with Crippen molar-refractivity contribution in [2.24, 2.45) is 40.4 Å². The maximum Gasteiger partial charge on any atom is 0.133 e. The van der Waals surface area contributed by atoms with Crippen molar-refractivity contribution >= 4 is 5.78 Å². The highest BCUT2D eigenvalue weighted by molar-refractivity contribution is 5.79. The van der Waals surface area contributed by atoms with Crippen LogP contribution in [0.2, 0.25) is 0 Å². The molecule has 2 heteroatoms. The summed E-state index contributed by atoms with van der Waals surface area (Å²) < 4.78 is 0. The third-order valence-corrected chi connectivity index (χ3v) is 9.02. The van der Waals surface area contributed by atoms with Gasteiger partial charge in [-0.05, 0) is 85.4 Å². The minimum Gasteiger partial charge on any atom is -0.300 e. The van der Waals surface area contributed by atoms with Gasteiger partial charge < -0.3 is 0 Å². The Morgan fingerprint density at radius 2 is 1.83 bits per heavy atom. The van der Waals surface area contributed by atoms with Crippen LogP contribution in [-0.2, 0) is 4.79 Å². The highest BCUT2D eigenvalue weighted by atomic mass is 16.1. The molecule has 7 atom stereocenters. The summed E-state index contributed by atoms with van der Waals surface area (Å²) in [5.41, 5.74) is 0.843. The molecule has 4 aliphatic carbocycles. The Morgan fingerprint density at radius 1 is 1.04 bits per heavy atom. The maximum atomic E-state index is 11.9. The van der Waals surface area contributed by atoms with E-state index in [-0.39, 0.29) is 0 Å². The molecule has 0 spiro atoms. The molecule has 0 aromatic heterocycles. The molecule has 0 aromatic carbocycles. The number of Topliss-reactive ketones (excluding diaryl/α,β-unsaturated/α-hetero) is 1. The Hall–Kier alpha value is -0.840. The van der Waals surface area contributed by atoms with Gasteiger partial charge in [-0.2, -0.15) is 5.26 Å². The van der Waals surface area contributed by atoms with Crippen molar-refractivity contribution in [2.75, 3.05) is 0 Å². The number of hydrogen-bond acceptors (Lipinski definition) is 2. The summed E-state index contributed by atoms with van der Waals surface area (Å²) in [5, 5.41) is 9.20. The predicted molar refractivity (Wildman–Crippen MR) is 90.5 cm³/mol. The van der Waals surface area contributed by atoms with Crippen molar-refractivity contribution in [3.8, 4) is 6.07 Å². The standard InChI is InChI=1S/C21H31NO/c1-20-11-8-19-17(18(20)6-4-14(20)9-12-22)5-3-15-13-16(23)7-10-21(15,19)2/h14-15,17-19H,3-11,13H2,1-2H3. The number of ketones is 1. The van der Waals surface area contributed by atoms with Crippen molar-refractivity contribution in [1.82, 2.24) is 0 Å². The van der Waals surface area contributed by atoms with Gasteiger partial charge in [-0.1, -0.05) is 13.8 Å². The summed E-state index contributed by atoms with van der Waals surface area (Å²) in [6.45, 7) is 5.02. The van der Waals surface area contributed by atoms with Crippen LogP contribution >= 0.6 is 0 Å². The van der Waals surface area contributed by atoms with Crippen molar-refractivity contribution in [3.05, 3.63) is 0 Å². The zero-order chi connectivity index (χ0) is 16.2. The Kier molecular flexibility index (Phi) is 3.63. The predicted octanol–water partition coefficient (Wildman–Crippen LogP) is 5.13. The molecule has 23 heavy (non-hydrogen) atoms. The van der Waals surface area contributed by atoms with Crippen LogP contribution in [0.25, 0.3) is 0 Å². The van der Waals surface area contributed by atoms with Gasteiger partial charge in [0.15, 0.2) is 0 Å². The number of rotatable bonds is 1. The highest BCUT2D eigenvalue weighted by Crippen LogP contribution is 2.67. The van der Waals surface area contributed by atoms with E-state index in [4.69, 9.17) is 0 Å². The normalized spacial score (nSPS) is 52.2. The van der Waals surface area contributed by atoms with Crippen molar-refractivity contribution in [3.63, 3.8) is 0 Å². The Morgan fingerprint density at radius 3 is 2.61 bits per heavy atom. The lowest BCUT2D eigenvalue weighted by Gasteiger charge is -2.60. The molecular formula is C21H31NO. The number of fused-ring (bicyclic) bond motifs is 5. The lowest BCUT2D eigenvalue weighted by atomic mass is 9.45. The topological polar surface area (TPSA) is 40.9 Å². The van der Waals surface area contributed by atoms with Crippen LogP contribution in [0.4, 0.5) is 0 Å². The number of carbonyl (C=O) groups is 1. The molecule has 0 saturated heterocycles. The molecule has 0 N–H and O–H groups in total. The van der Waals surface area contributed by atoms with E-state index in [0.717, 1.165) is 43.4 Å². The van der Waals surface area contributed by atoms with Crippen molar-refractivity contribution in [2.45, 2.75) is 78.1 Å². The zero-order valence-electron chi connectivity index (χ0n) is 14.8. The Balaban J connectivity index is 1.60. The SMILES string of the molecule is CC12CCC3C(CCC4CC(=O)CCC43C)C1CCC2CC#N. The molecule has 4 aliphatic rings. The monoisotopic (exact) mass is 313 g/mol. The second kappa shape index (κ2) is 5.33. The van der Waals surface area contributed by atoms with Crippen LogP contribution in [0, 0.1) is 51.8 Å². The average molecular weight is 313 g/mol. The van der Waals surface area contributed by atoms with Gasteiger partial charge in [-0.15, -0.1) is 0 Å². The lowest BCUT2D eigenvalue weighted by molar-refractivity contribution is -0.139. The van der Waals surface area contributed by atoms with E-state index in [1.807, 2.05) is 0 Å². The highest BCUT2D eigenvalue weighted by Gasteiger charge is 2.59. The van der Waals surface area contributed by atoms with E-state index in [2.05, 4.69) is 19.9 Å². The first-order chi connectivity index (χ1) is 11.0. The molecule has 126 valence electrons. The molecule has 4 saturated carbocycles. The van der Waals surface area contributed by atoms with Gasteiger partial charge >= 0.3 is 0 Å². The van der Waals surface area contributed by atoms with E-state index in [0.29, 0.717) is 28.4 Å². The number of nitriles is 1. The average Bonchev–Trinajstić information content (AvgIpc) is 2.85. The quantitative estimate of drug-likeness (QED) is 0.673. The van der Waals surface area contributed by atoms with E-state index in [1.165, 1.54) is 38.5 Å². The van der Waals surface area contributed by atoms with Crippen LogP contribution in [0.5, 0.6) is 0 Å². The van der Waals surface area contributed by atoms with E-state index < -0.39 is 0 Å². The van der Waals surface area contributed by atoms with Gasteiger partial charge in [-0.3, -0.25) is 4.79 Å². The third kappa shape index (κ3) is 2.15. The summed E-state index contributed by atoms with van der Waals surface area (Å²) in [4.78, 5) is 11.9. The summed E-state index contributed by atoms with van der Waals surface area (Å²) >= 11 is 0. The van der Waals surface area contributed by atoms with E-state index in [9.17, 15) is 10.1 Å². The summed E-state index contributed by atoms with van der Waals surface area (Å²) in [6.07, 6.45) is 11.5. The smallest absolute Gasteiger partial charge is 0.133 e. The second-order valence-corrected chi connectivity index (χ2v) is 9.58. The molecule has 0 aromatic rings. The summed E-state index contributed by atoms with van der Waals surface area (Å²) in [5.74, 6) is 4.36. The molecule has 0 heterocycles. The van der Waals surface area contributed by atoms with Crippen LogP contribution in [-0.4, -0.2) is 5.78 Å². The Labute approximate surface area is 141 Å². The zero-order valence-corrected chi connectivity index (χ0v) is 14.8. The van der Waals surface area contributed by atoms with Crippen molar-refractivity contribution < 1.29 is 4.79 Å². The fourth-order valence-electron chi connectivity index (χ4n) is 7.60. The number of hydrogen-bond donors (Lipinski definition) is 0. The molecule has 0 amide bonds. The van der Waals surface area contributed by atoms with Gasteiger partial charge in [-0.25, -0.2) is 0 Å². The van der Waals surface area contributed by atoms with Gasteiger partial charge in [0.25, 0.3) is 0 Å². The van der Waals surface area contributed by atoms with Crippen LogP contribution in [0.1, 0.15) is 78.1 Å². The number of nitrogens with zero attached hydrogens (tertiary/aromatic N) is 1. The molecule has 0 aliphatic heterocycles. The minimum atomic E-state index is 0.421. The summed E-state index contributed by atoms with van der Waals surface area (Å²) in [7, 11) is 0. The number of carbonyl (C=O) groups excluding carboxylic acids is 1. The van der Waals surface area contributed by atoms with Crippen LogP contribution < -0.4 is 0 Å². The first-order valence-corrected chi connectivity index (χ1v) is 9.87. The second-order valence-electron chi connectivity index (χ2n) is 9.58. The first kappa shape index (κ1) is 15.7. The van der Waals surface area contributed by atoms with E-state index >= 15 is 0 Å².